The first-order valence-corrected chi connectivity index (χ1v) is 9.55. The van der Waals surface area contributed by atoms with Crippen molar-refractivity contribution in [1.82, 2.24) is 9.55 Å². The molecule has 0 fully saturated rings. The van der Waals surface area contributed by atoms with E-state index in [1.807, 2.05) is 12.1 Å². The van der Waals surface area contributed by atoms with E-state index in [0.717, 1.165) is 31.5 Å². The number of nitrogens with zero attached hydrogens (tertiary/aromatic N) is 2. The second-order valence-electron chi connectivity index (χ2n) is 6.03. The molecule has 0 saturated heterocycles. The highest BCUT2D eigenvalue weighted by Gasteiger charge is 2.19. The van der Waals surface area contributed by atoms with Gasteiger partial charge in [-0.1, -0.05) is 68.3 Å². The van der Waals surface area contributed by atoms with E-state index in [4.69, 9.17) is 4.98 Å². The van der Waals surface area contributed by atoms with Crippen LogP contribution in [-0.2, 0) is 0 Å². The fourth-order valence-electron chi connectivity index (χ4n) is 3.42. The third-order valence-electron chi connectivity index (χ3n) is 4.46. The molecule has 2 heterocycles. The van der Waals surface area contributed by atoms with Crippen molar-refractivity contribution in [3.8, 4) is 17.1 Å². The van der Waals surface area contributed by atoms with Crippen molar-refractivity contribution in [3.63, 3.8) is 0 Å². The molecule has 2 aliphatic rings. The maximum Gasteiger partial charge on any atom is 0.146 e. The lowest BCUT2D eigenvalue weighted by Gasteiger charge is -2.17. The normalized spacial score (nSPS) is 11.6. The highest BCUT2D eigenvalue weighted by atomic mass is 79.9. The maximum absolute atomic E-state index is 4.93. The lowest BCUT2D eigenvalue weighted by Crippen LogP contribution is -2.03. The van der Waals surface area contributed by atoms with Gasteiger partial charge in [0.25, 0.3) is 0 Å². The van der Waals surface area contributed by atoms with Crippen LogP contribution in [0, 0.1) is 0 Å². The summed E-state index contributed by atoms with van der Waals surface area (Å²) < 4.78 is 4.29. The highest BCUT2D eigenvalue weighted by molar-refractivity contribution is 9.11. The predicted molar refractivity (Wildman–Crippen MR) is 111 cm³/mol. The minimum absolute atomic E-state index is 0.977. The zero-order valence-corrected chi connectivity index (χ0v) is 16.3. The van der Waals surface area contributed by atoms with Gasteiger partial charge in [-0.3, -0.25) is 4.57 Å². The van der Waals surface area contributed by atoms with Crippen LogP contribution in [0.4, 0.5) is 0 Å². The number of rotatable bonds is 1. The molecule has 3 aromatic rings. The number of hydrogen-bond donors (Lipinski definition) is 0. The monoisotopic (exact) mass is 450 g/mol. The van der Waals surface area contributed by atoms with Gasteiger partial charge in [0.05, 0.1) is 11.0 Å². The molecule has 25 heavy (non-hydrogen) atoms. The number of pyridine rings is 1. The van der Waals surface area contributed by atoms with E-state index in [1.54, 1.807) is 0 Å². The molecule has 2 nitrogen and oxygen atoms in total. The summed E-state index contributed by atoms with van der Waals surface area (Å²) >= 11 is 7.22. The van der Waals surface area contributed by atoms with Crippen LogP contribution in [0.1, 0.15) is 0 Å². The zero-order chi connectivity index (χ0) is 17.0. The van der Waals surface area contributed by atoms with Gasteiger partial charge in [-0.15, -0.1) is 0 Å². The van der Waals surface area contributed by atoms with E-state index < -0.39 is 0 Å². The summed E-state index contributed by atoms with van der Waals surface area (Å²) in [5.74, 6) is 0.977. The van der Waals surface area contributed by atoms with Gasteiger partial charge in [0.2, 0.25) is 0 Å². The molecule has 0 aliphatic carbocycles. The summed E-state index contributed by atoms with van der Waals surface area (Å²) in [4.78, 5) is 4.93. The average molecular weight is 452 g/mol. The largest absolute Gasteiger partial charge is 0.294 e. The van der Waals surface area contributed by atoms with Crippen LogP contribution < -0.4 is 0 Å². The Hall–Kier alpha value is -2.17. The first kappa shape index (κ1) is 15.1. The Morgan fingerprint density at radius 2 is 1.48 bits per heavy atom. The molecule has 0 bridgehead atoms. The van der Waals surface area contributed by atoms with Crippen LogP contribution >= 0.6 is 31.9 Å². The molecule has 2 aliphatic heterocycles. The summed E-state index contributed by atoms with van der Waals surface area (Å²) in [6, 6.07) is 25.3. The van der Waals surface area contributed by atoms with E-state index in [0.29, 0.717) is 0 Å². The van der Waals surface area contributed by atoms with E-state index in [1.165, 1.54) is 16.3 Å². The Morgan fingerprint density at radius 1 is 0.760 bits per heavy atom. The molecule has 0 radical (unpaired) electrons. The van der Waals surface area contributed by atoms with Crippen molar-refractivity contribution in [2.45, 2.75) is 0 Å². The first-order valence-electron chi connectivity index (χ1n) is 7.96. The number of fused-ring (bicyclic) bond motifs is 4. The summed E-state index contributed by atoms with van der Waals surface area (Å²) in [5.41, 5.74) is 4.41. The van der Waals surface area contributed by atoms with Crippen molar-refractivity contribution < 1.29 is 0 Å². The smallest absolute Gasteiger partial charge is 0.146 e. The van der Waals surface area contributed by atoms with Gasteiger partial charge in [-0.05, 0) is 41.8 Å². The van der Waals surface area contributed by atoms with Gasteiger partial charge >= 0.3 is 0 Å². The van der Waals surface area contributed by atoms with Crippen molar-refractivity contribution in [2.75, 3.05) is 0 Å². The number of hydrogen-bond acceptors (Lipinski definition) is 1. The second kappa shape index (κ2) is 5.68. The summed E-state index contributed by atoms with van der Waals surface area (Å²) in [7, 11) is 0. The van der Waals surface area contributed by atoms with Crippen molar-refractivity contribution >= 4 is 53.7 Å². The summed E-state index contributed by atoms with van der Waals surface area (Å²) in [5, 5.41) is 2.38. The Morgan fingerprint density at radius 3 is 2.32 bits per heavy atom. The van der Waals surface area contributed by atoms with E-state index in [2.05, 4.69) is 97.1 Å². The molecule has 0 spiro atoms. The van der Waals surface area contributed by atoms with Gasteiger partial charge in [0, 0.05) is 25.6 Å². The third-order valence-corrected chi connectivity index (χ3v) is 5.37. The molecule has 0 saturated carbocycles. The fourth-order valence-corrected chi connectivity index (χ4v) is 4.69. The van der Waals surface area contributed by atoms with Gasteiger partial charge in [0.1, 0.15) is 5.82 Å². The Labute approximate surface area is 161 Å². The molecular weight excluding hydrogens is 440 g/mol. The maximum atomic E-state index is 4.93. The zero-order valence-electron chi connectivity index (χ0n) is 13.1. The number of aromatic nitrogens is 2. The fraction of sp³-hybridized carbons (Fsp3) is 0. The SMILES string of the molecule is Brc1cc(Br)cc(-n2c3nc4ccccc4c-3cc3ccccc32)c1. The topological polar surface area (TPSA) is 17.8 Å². The molecule has 0 aromatic heterocycles. The van der Waals surface area contributed by atoms with Crippen LogP contribution in [0.15, 0.2) is 81.7 Å². The summed E-state index contributed by atoms with van der Waals surface area (Å²) in [6.45, 7) is 0. The predicted octanol–water partition coefficient (Wildman–Crippen LogP) is 6.81. The molecule has 4 heteroatoms. The number of benzene rings is 3. The minimum atomic E-state index is 0.977. The van der Waals surface area contributed by atoms with Crippen LogP contribution in [0.5, 0.6) is 0 Å². The molecule has 0 N–H and O–H groups in total. The molecule has 5 rings (SSSR count). The van der Waals surface area contributed by atoms with Crippen LogP contribution in [0.3, 0.4) is 0 Å². The van der Waals surface area contributed by atoms with E-state index >= 15 is 0 Å². The molecule has 0 amide bonds. The quantitative estimate of drug-likeness (QED) is 0.273. The van der Waals surface area contributed by atoms with Crippen LogP contribution in [0.25, 0.3) is 38.9 Å². The molecule has 3 aromatic carbocycles. The standard InChI is InChI=1S/C21H12Br2N2/c22-14-10-15(23)12-16(11-14)25-20-8-4-1-5-13(20)9-18-17-6-2-3-7-19(17)24-21(18)25/h1-12H. The van der Waals surface area contributed by atoms with Crippen molar-refractivity contribution in [3.05, 3.63) is 81.7 Å². The van der Waals surface area contributed by atoms with Gasteiger partial charge in [-0.2, -0.15) is 0 Å². The van der Waals surface area contributed by atoms with Crippen LogP contribution in [0.2, 0.25) is 0 Å². The lowest BCUT2D eigenvalue weighted by atomic mass is 10.1. The second-order valence-corrected chi connectivity index (χ2v) is 7.86. The molecule has 0 unspecified atom stereocenters. The first-order chi connectivity index (χ1) is 12.2. The Balaban J connectivity index is 2.00. The minimum Gasteiger partial charge on any atom is -0.294 e. The highest BCUT2D eigenvalue weighted by Crippen LogP contribution is 2.37. The Kier molecular flexibility index (Phi) is 3.43. The number of para-hydroxylation sites is 2. The van der Waals surface area contributed by atoms with Gasteiger partial charge < -0.3 is 0 Å². The summed E-state index contributed by atoms with van der Waals surface area (Å²) in [6.07, 6.45) is 0. The van der Waals surface area contributed by atoms with Crippen molar-refractivity contribution in [1.29, 1.82) is 0 Å². The van der Waals surface area contributed by atoms with Gasteiger partial charge in [-0.25, -0.2) is 4.98 Å². The van der Waals surface area contributed by atoms with Crippen LogP contribution in [-0.4, -0.2) is 9.55 Å². The van der Waals surface area contributed by atoms with E-state index in [9.17, 15) is 0 Å². The Bertz CT molecular complexity index is 1200. The third kappa shape index (κ3) is 2.40. The van der Waals surface area contributed by atoms with Gasteiger partial charge in [0.15, 0.2) is 0 Å². The van der Waals surface area contributed by atoms with E-state index in [-0.39, 0.29) is 0 Å². The lowest BCUT2D eigenvalue weighted by molar-refractivity contribution is 1.07. The average Bonchev–Trinajstić information content (AvgIpc) is 2.97. The molecular formula is C21H12Br2N2. The molecule has 0 atom stereocenters. The molecule has 120 valence electrons. The number of halogens is 2. The van der Waals surface area contributed by atoms with Crippen molar-refractivity contribution in [2.24, 2.45) is 0 Å².